The predicted molar refractivity (Wildman–Crippen MR) is 104 cm³/mol. The van der Waals surface area contributed by atoms with E-state index < -0.39 is 4.92 Å². The molecule has 0 saturated heterocycles. The fourth-order valence-corrected chi connectivity index (χ4v) is 2.50. The summed E-state index contributed by atoms with van der Waals surface area (Å²) in [7, 11) is 0. The van der Waals surface area contributed by atoms with Gasteiger partial charge in [-0.1, -0.05) is 43.7 Å². The van der Waals surface area contributed by atoms with Gasteiger partial charge >= 0.3 is 11.6 Å². The van der Waals surface area contributed by atoms with Gasteiger partial charge in [0, 0.05) is 5.69 Å². The molecule has 1 heterocycles. The maximum atomic E-state index is 11.6. The molecule has 3 rings (SSSR count). The molecular formula is C20H20N4O3. The monoisotopic (exact) mass is 364 g/mol. The number of nitro groups is 1. The van der Waals surface area contributed by atoms with E-state index in [9.17, 15) is 10.1 Å². The third-order valence-electron chi connectivity index (χ3n) is 4.05. The summed E-state index contributed by atoms with van der Waals surface area (Å²) in [6.07, 6.45) is 1.24. The van der Waals surface area contributed by atoms with Gasteiger partial charge in [0.05, 0.1) is 4.92 Å². The van der Waals surface area contributed by atoms with E-state index in [0.29, 0.717) is 17.4 Å². The van der Waals surface area contributed by atoms with Crippen LogP contribution in [0.3, 0.4) is 0 Å². The molecule has 0 unspecified atom stereocenters. The zero-order valence-corrected chi connectivity index (χ0v) is 15.3. The summed E-state index contributed by atoms with van der Waals surface area (Å²) in [6.45, 7) is 6.15. The van der Waals surface area contributed by atoms with Crippen molar-refractivity contribution in [3.8, 4) is 11.6 Å². The Balaban J connectivity index is 1.91. The number of nitrogens with zero attached hydrogens (tertiary/aromatic N) is 3. The van der Waals surface area contributed by atoms with Gasteiger partial charge in [-0.05, 0) is 42.7 Å². The minimum absolute atomic E-state index is 0.0765. The van der Waals surface area contributed by atoms with E-state index in [1.54, 1.807) is 12.1 Å². The third-order valence-corrected chi connectivity index (χ3v) is 4.05. The third kappa shape index (κ3) is 4.38. The lowest BCUT2D eigenvalue weighted by molar-refractivity contribution is -0.385. The van der Waals surface area contributed by atoms with Crippen molar-refractivity contribution < 1.29 is 9.66 Å². The Bertz CT molecular complexity index is 938. The largest absolute Gasteiger partial charge is 0.434 e. The first-order valence-electron chi connectivity index (χ1n) is 8.55. The van der Waals surface area contributed by atoms with Crippen LogP contribution in [0.25, 0.3) is 0 Å². The van der Waals surface area contributed by atoms with Gasteiger partial charge in [-0.3, -0.25) is 10.1 Å². The summed E-state index contributed by atoms with van der Waals surface area (Å²) < 4.78 is 5.67. The van der Waals surface area contributed by atoms with Crippen LogP contribution in [-0.4, -0.2) is 14.9 Å². The fraction of sp³-hybridized carbons (Fsp3) is 0.200. The molecule has 0 radical (unpaired) electrons. The number of anilines is 2. The maximum Gasteiger partial charge on any atom is 0.373 e. The first-order chi connectivity index (χ1) is 12.9. The molecule has 0 amide bonds. The van der Waals surface area contributed by atoms with Crippen molar-refractivity contribution >= 4 is 17.2 Å². The molecular weight excluding hydrogens is 344 g/mol. The highest BCUT2D eigenvalue weighted by Gasteiger charge is 2.25. The van der Waals surface area contributed by atoms with Crippen molar-refractivity contribution in [1.29, 1.82) is 0 Å². The van der Waals surface area contributed by atoms with E-state index in [1.165, 1.54) is 6.33 Å². The maximum absolute atomic E-state index is 11.6. The second kappa shape index (κ2) is 7.82. The van der Waals surface area contributed by atoms with E-state index in [-0.39, 0.29) is 17.4 Å². The van der Waals surface area contributed by atoms with Gasteiger partial charge in [0.25, 0.3) is 0 Å². The fourth-order valence-electron chi connectivity index (χ4n) is 2.50. The Morgan fingerprint density at radius 3 is 2.30 bits per heavy atom. The molecule has 0 saturated carbocycles. The second-order valence-corrected chi connectivity index (χ2v) is 6.45. The van der Waals surface area contributed by atoms with Crippen molar-refractivity contribution in [2.45, 2.75) is 26.7 Å². The van der Waals surface area contributed by atoms with Crippen LogP contribution in [0.5, 0.6) is 11.6 Å². The van der Waals surface area contributed by atoms with Gasteiger partial charge in [0.2, 0.25) is 5.82 Å². The van der Waals surface area contributed by atoms with Crippen molar-refractivity contribution in [1.82, 2.24) is 9.97 Å². The summed E-state index contributed by atoms with van der Waals surface area (Å²) in [6, 6.07) is 14.9. The number of nitrogens with one attached hydrogen (secondary N) is 1. The summed E-state index contributed by atoms with van der Waals surface area (Å²) in [4.78, 5) is 19.0. The van der Waals surface area contributed by atoms with Crippen LogP contribution in [-0.2, 0) is 0 Å². The molecule has 2 aromatic carbocycles. The van der Waals surface area contributed by atoms with Gasteiger partial charge in [0.15, 0.2) is 0 Å². The molecule has 0 atom stereocenters. The first kappa shape index (κ1) is 18.3. The first-order valence-corrected chi connectivity index (χ1v) is 8.55. The molecule has 0 fully saturated rings. The van der Waals surface area contributed by atoms with Crippen molar-refractivity contribution in [2.75, 3.05) is 5.32 Å². The van der Waals surface area contributed by atoms with Gasteiger partial charge in [0.1, 0.15) is 12.1 Å². The van der Waals surface area contributed by atoms with Crippen LogP contribution >= 0.6 is 0 Å². The smallest absolute Gasteiger partial charge is 0.373 e. The summed E-state index contributed by atoms with van der Waals surface area (Å²) in [5, 5.41) is 14.6. The minimum atomic E-state index is -0.547. The molecule has 138 valence electrons. The molecule has 3 aromatic rings. The Morgan fingerprint density at radius 2 is 1.70 bits per heavy atom. The molecule has 0 aliphatic carbocycles. The molecule has 0 spiro atoms. The average Bonchev–Trinajstić information content (AvgIpc) is 2.64. The zero-order valence-electron chi connectivity index (χ0n) is 15.3. The zero-order chi connectivity index (χ0) is 19.4. The molecule has 27 heavy (non-hydrogen) atoms. The Morgan fingerprint density at radius 1 is 1.04 bits per heavy atom. The van der Waals surface area contributed by atoms with Gasteiger partial charge in [-0.2, -0.15) is 4.98 Å². The van der Waals surface area contributed by atoms with Crippen LogP contribution in [0.4, 0.5) is 17.2 Å². The normalized spacial score (nSPS) is 10.7. The van der Waals surface area contributed by atoms with E-state index >= 15 is 0 Å². The highest BCUT2D eigenvalue weighted by Crippen LogP contribution is 2.35. The molecule has 1 aromatic heterocycles. The lowest BCUT2D eigenvalue weighted by atomic mass is 10.0. The topological polar surface area (TPSA) is 90.2 Å². The molecule has 1 N–H and O–H groups in total. The number of aryl methyl sites for hydroxylation is 1. The predicted octanol–water partition coefficient (Wildman–Crippen LogP) is 5.35. The van der Waals surface area contributed by atoms with Crippen LogP contribution in [0, 0.1) is 17.0 Å². The van der Waals surface area contributed by atoms with Gasteiger partial charge < -0.3 is 10.1 Å². The molecule has 7 nitrogen and oxygen atoms in total. The standard InChI is InChI=1S/C20H20N4O3/c1-13(2)15-6-10-17(11-7-15)27-20-18(24(25)26)19(21-12-22-20)23-16-8-4-14(3)5-9-16/h4-13H,1-3H3,(H,21,22,23). The highest BCUT2D eigenvalue weighted by molar-refractivity contribution is 5.68. The number of rotatable bonds is 6. The van der Waals surface area contributed by atoms with E-state index in [4.69, 9.17) is 4.74 Å². The second-order valence-electron chi connectivity index (χ2n) is 6.45. The molecule has 0 bridgehead atoms. The Labute approximate surface area is 157 Å². The SMILES string of the molecule is Cc1ccc(Nc2ncnc(Oc3ccc(C(C)C)cc3)c2[N+](=O)[O-])cc1. The summed E-state index contributed by atoms with van der Waals surface area (Å²) in [5.41, 5.74) is 2.62. The quantitative estimate of drug-likeness (QED) is 0.468. The number of hydrogen-bond acceptors (Lipinski definition) is 6. The number of benzene rings is 2. The van der Waals surface area contributed by atoms with Crippen LogP contribution in [0.2, 0.25) is 0 Å². The Hall–Kier alpha value is -3.48. The minimum Gasteiger partial charge on any atom is -0.434 e. The lowest BCUT2D eigenvalue weighted by Gasteiger charge is -2.10. The van der Waals surface area contributed by atoms with Crippen LogP contribution < -0.4 is 10.1 Å². The molecule has 0 aliphatic heterocycles. The van der Waals surface area contributed by atoms with Crippen LogP contribution in [0.15, 0.2) is 54.9 Å². The number of ether oxygens (including phenoxy) is 1. The molecule has 7 heteroatoms. The molecule has 0 aliphatic rings. The average molecular weight is 364 g/mol. The summed E-state index contributed by atoms with van der Waals surface area (Å²) >= 11 is 0. The van der Waals surface area contributed by atoms with E-state index in [2.05, 4.69) is 29.1 Å². The van der Waals surface area contributed by atoms with Crippen molar-refractivity contribution in [3.05, 3.63) is 76.1 Å². The number of aromatic nitrogens is 2. The van der Waals surface area contributed by atoms with E-state index in [0.717, 1.165) is 11.1 Å². The van der Waals surface area contributed by atoms with Crippen molar-refractivity contribution in [3.63, 3.8) is 0 Å². The van der Waals surface area contributed by atoms with Crippen LogP contribution in [0.1, 0.15) is 30.9 Å². The van der Waals surface area contributed by atoms with Crippen molar-refractivity contribution in [2.24, 2.45) is 0 Å². The highest BCUT2D eigenvalue weighted by atomic mass is 16.6. The van der Waals surface area contributed by atoms with Gasteiger partial charge in [-0.15, -0.1) is 0 Å². The summed E-state index contributed by atoms with van der Waals surface area (Å²) in [5.74, 6) is 0.829. The number of hydrogen-bond donors (Lipinski definition) is 1. The lowest BCUT2D eigenvalue weighted by Crippen LogP contribution is -2.03. The van der Waals surface area contributed by atoms with Gasteiger partial charge in [-0.25, -0.2) is 4.98 Å². The van der Waals surface area contributed by atoms with E-state index in [1.807, 2.05) is 43.3 Å². The Kier molecular flexibility index (Phi) is 5.30.